The van der Waals surface area contributed by atoms with Crippen molar-refractivity contribution < 1.29 is 0 Å². The van der Waals surface area contributed by atoms with Crippen LogP contribution in [-0.4, -0.2) is 9.55 Å². The van der Waals surface area contributed by atoms with Crippen molar-refractivity contribution in [3.8, 4) is 27.9 Å². The molecule has 4 nitrogen and oxygen atoms in total. The van der Waals surface area contributed by atoms with Crippen LogP contribution >= 0.6 is 11.3 Å². The fraction of sp³-hybridized carbons (Fsp3) is 0.0741. The van der Waals surface area contributed by atoms with E-state index < -0.39 is 0 Å². The molecule has 0 bridgehead atoms. The quantitative estimate of drug-likeness (QED) is 0.348. The summed E-state index contributed by atoms with van der Waals surface area (Å²) in [7, 11) is 0. The van der Waals surface area contributed by atoms with Crippen molar-refractivity contribution in [1.29, 1.82) is 5.26 Å². The summed E-state index contributed by atoms with van der Waals surface area (Å²) in [6.07, 6.45) is 0. The molecule has 0 atom stereocenters. The van der Waals surface area contributed by atoms with E-state index >= 15 is 0 Å². The Balaban J connectivity index is 1.72. The minimum Gasteiger partial charge on any atom is -0.288 e. The van der Waals surface area contributed by atoms with E-state index in [0.717, 1.165) is 32.0 Å². The highest BCUT2D eigenvalue weighted by Crippen LogP contribution is 2.32. The van der Waals surface area contributed by atoms with Gasteiger partial charge in [0.25, 0.3) is 5.56 Å². The Bertz CT molecular complexity index is 1520. The number of fused-ring (bicyclic) bond motifs is 1. The Morgan fingerprint density at radius 2 is 1.72 bits per heavy atom. The zero-order valence-electron chi connectivity index (χ0n) is 17.4. The maximum atomic E-state index is 13.7. The van der Waals surface area contributed by atoms with Gasteiger partial charge in [-0.25, -0.2) is 4.98 Å². The molecular weight excluding hydrogens is 414 g/mol. The van der Waals surface area contributed by atoms with Crippen LogP contribution in [0.15, 0.2) is 89.7 Å². The highest BCUT2D eigenvalue weighted by molar-refractivity contribution is 7.21. The van der Waals surface area contributed by atoms with Crippen molar-refractivity contribution in [2.24, 2.45) is 0 Å². The Morgan fingerprint density at radius 1 is 0.938 bits per heavy atom. The fourth-order valence-electron chi connectivity index (χ4n) is 3.75. The van der Waals surface area contributed by atoms with E-state index in [1.54, 1.807) is 10.6 Å². The molecule has 154 valence electrons. The van der Waals surface area contributed by atoms with Crippen molar-refractivity contribution in [3.05, 3.63) is 112 Å². The first-order valence-electron chi connectivity index (χ1n) is 10.3. The molecule has 0 aliphatic rings. The molecule has 2 aromatic heterocycles. The normalized spacial score (nSPS) is 10.9. The number of rotatable bonds is 4. The second-order valence-corrected chi connectivity index (χ2v) is 8.73. The van der Waals surface area contributed by atoms with Gasteiger partial charge in [0.2, 0.25) is 0 Å². The predicted octanol–water partition coefficient (Wildman–Crippen LogP) is 6.02. The second kappa shape index (κ2) is 8.26. The topological polar surface area (TPSA) is 58.7 Å². The molecule has 0 aliphatic heterocycles. The van der Waals surface area contributed by atoms with Gasteiger partial charge in [-0.1, -0.05) is 72.3 Å². The number of nitrogens with zero attached hydrogens (tertiary/aromatic N) is 3. The SMILES string of the molecule is Cc1ccc(-c2nc3sc(-c4ccccc4)cc3c(=O)n2Cc2cccc(C#N)c2)cc1. The highest BCUT2D eigenvalue weighted by atomic mass is 32.1. The number of hydrogen-bond donors (Lipinski definition) is 0. The lowest BCUT2D eigenvalue weighted by atomic mass is 10.1. The van der Waals surface area contributed by atoms with Gasteiger partial charge < -0.3 is 0 Å². The molecule has 0 saturated carbocycles. The molecule has 0 amide bonds. The number of thiophene rings is 1. The van der Waals surface area contributed by atoms with Crippen LogP contribution in [0.5, 0.6) is 0 Å². The first-order chi connectivity index (χ1) is 15.6. The first kappa shape index (κ1) is 19.9. The monoisotopic (exact) mass is 433 g/mol. The third-order valence-electron chi connectivity index (χ3n) is 5.42. The maximum absolute atomic E-state index is 13.7. The number of aryl methyl sites for hydroxylation is 1. The van der Waals surface area contributed by atoms with Crippen molar-refractivity contribution in [2.75, 3.05) is 0 Å². The molecule has 5 aromatic rings. The van der Waals surface area contributed by atoms with Crippen molar-refractivity contribution >= 4 is 21.6 Å². The van der Waals surface area contributed by atoms with E-state index in [4.69, 9.17) is 4.98 Å². The van der Waals surface area contributed by atoms with E-state index in [-0.39, 0.29) is 5.56 Å². The van der Waals surface area contributed by atoms with Crippen molar-refractivity contribution in [2.45, 2.75) is 13.5 Å². The molecule has 5 rings (SSSR count). The molecule has 0 fully saturated rings. The average Bonchev–Trinajstić information content (AvgIpc) is 3.27. The molecule has 5 heteroatoms. The molecule has 0 aliphatic carbocycles. The van der Waals surface area contributed by atoms with E-state index in [2.05, 4.69) is 6.07 Å². The standard InChI is InChI=1S/C27H19N3OS/c1-18-10-12-22(13-11-18)25-29-26-23(15-24(32-26)21-8-3-2-4-9-21)27(31)30(25)17-20-7-5-6-19(14-20)16-28/h2-15H,17H2,1H3. The Kier molecular flexibility index (Phi) is 5.14. The van der Waals surface area contributed by atoms with Gasteiger partial charge in [-0.3, -0.25) is 9.36 Å². The number of hydrogen-bond acceptors (Lipinski definition) is 4. The van der Waals surface area contributed by atoms with E-state index in [1.165, 1.54) is 11.3 Å². The van der Waals surface area contributed by atoms with Crippen LogP contribution in [0.3, 0.4) is 0 Å². The van der Waals surface area contributed by atoms with Crippen molar-refractivity contribution in [1.82, 2.24) is 9.55 Å². The molecule has 0 unspecified atom stereocenters. The Labute approximate surface area is 189 Å². The van der Waals surface area contributed by atoms with E-state index in [9.17, 15) is 10.1 Å². The molecule has 0 radical (unpaired) electrons. The summed E-state index contributed by atoms with van der Waals surface area (Å²) in [5.41, 5.74) is 4.49. The van der Waals surface area contributed by atoms with Gasteiger partial charge in [0.05, 0.1) is 23.6 Å². The van der Waals surface area contributed by atoms with Crippen LogP contribution in [0.2, 0.25) is 0 Å². The summed E-state index contributed by atoms with van der Waals surface area (Å²) in [6.45, 7) is 2.38. The summed E-state index contributed by atoms with van der Waals surface area (Å²) < 4.78 is 1.71. The van der Waals surface area contributed by atoms with Gasteiger partial charge in [0.15, 0.2) is 0 Å². The molecule has 0 saturated heterocycles. The van der Waals surface area contributed by atoms with Gasteiger partial charge in [0.1, 0.15) is 10.7 Å². The van der Waals surface area contributed by atoms with E-state index in [1.807, 2.05) is 85.8 Å². The van der Waals surface area contributed by atoms with Crippen LogP contribution in [0.25, 0.3) is 32.0 Å². The lowest BCUT2D eigenvalue weighted by Crippen LogP contribution is -2.23. The van der Waals surface area contributed by atoms with Crippen LogP contribution < -0.4 is 5.56 Å². The largest absolute Gasteiger partial charge is 0.288 e. The van der Waals surface area contributed by atoms with Gasteiger partial charge in [-0.2, -0.15) is 5.26 Å². The van der Waals surface area contributed by atoms with Gasteiger partial charge in [0, 0.05) is 10.4 Å². The van der Waals surface area contributed by atoms with Crippen LogP contribution in [0.4, 0.5) is 0 Å². The maximum Gasteiger partial charge on any atom is 0.262 e. The first-order valence-corrected chi connectivity index (χ1v) is 11.1. The lowest BCUT2D eigenvalue weighted by molar-refractivity contribution is 0.760. The zero-order valence-corrected chi connectivity index (χ0v) is 18.3. The number of benzene rings is 3. The second-order valence-electron chi connectivity index (χ2n) is 7.70. The highest BCUT2D eigenvalue weighted by Gasteiger charge is 2.16. The molecular formula is C27H19N3OS. The summed E-state index contributed by atoms with van der Waals surface area (Å²) in [4.78, 5) is 20.3. The predicted molar refractivity (Wildman–Crippen MR) is 130 cm³/mol. The summed E-state index contributed by atoms with van der Waals surface area (Å²) in [5, 5.41) is 9.88. The minimum atomic E-state index is -0.0774. The van der Waals surface area contributed by atoms with Crippen LogP contribution in [0.1, 0.15) is 16.7 Å². The molecule has 2 heterocycles. The Morgan fingerprint density at radius 3 is 2.47 bits per heavy atom. The lowest BCUT2D eigenvalue weighted by Gasteiger charge is -2.13. The average molecular weight is 434 g/mol. The number of aromatic nitrogens is 2. The Hall–Kier alpha value is -4.01. The third kappa shape index (κ3) is 3.73. The fourth-order valence-corrected chi connectivity index (χ4v) is 4.78. The molecule has 0 N–H and O–H groups in total. The minimum absolute atomic E-state index is 0.0774. The van der Waals surface area contributed by atoms with Crippen LogP contribution in [0, 0.1) is 18.3 Å². The summed E-state index contributed by atoms with van der Waals surface area (Å²) >= 11 is 1.53. The van der Waals surface area contributed by atoms with Gasteiger partial charge in [-0.15, -0.1) is 11.3 Å². The molecule has 0 spiro atoms. The van der Waals surface area contributed by atoms with Gasteiger partial charge >= 0.3 is 0 Å². The zero-order chi connectivity index (χ0) is 22.1. The van der Waals surface area contributed by atoms with E-state index in [0.29, 0.717) is 23.3 Å². The summed E-state index contributed by atoms with van der Waals surface area (Å²) in [5.74, 6) is 0.631. The molecule has 3 aromatic carbocycles. The third-order valence-corrected chi connectivity index (χ3v) is 6.49. The number of nitriles is 1. The van der Waals surface area contributed by atoms with Gasteiger partial charge in [-0.05, 0) is 36.2 Å². The van der Waals surface area contributed by atoms with Crippen molar-refractivity contribution in [3.63, 3.8) is 0 Å². The smallest absolute Gasteiger partial charge is 0.262 e. The summed E-state index contributed by atoms with van der Waals surface area (Å²) in [6, 6.07) is 29.5. The molecule has 32 heavy (non-hydrogen) atoms. The van der Waals surface area contributed by atoms with Crippen LogP contribution in [-0.2, 0) is 6.54 Å².